The van der Waals surface area contributed by atoms with E-state index in [1.807, 2.05) is 0 Å². The number of rotatable bonds is 1. The topological polar surface area (TPSA) is 0 Å². The Labute approximate surface area is 84.6 Å². The molecule has 0 aliphatic rings. The first-order valence-electron chi connectivity index (χ1n) is 1.07. The molecule has 0 amide bonds. The first kappa shape index (κ1) is 6.80. The molecule has 0 aromatic carbocycles. The van der Waals surface area contributed by atoms with Crippen molar-refractivity contribution in [2.45, 2.75) is 0 Å². The maximum Gasteiger partial charge on any atom is 1.00 e. The summed E-state index contributed by atoms with van der Waals surface area (Å²) in [6, 6.07) is 0. The zero-order valence-corrected chi connectivity index (χ0v) is 9.16. The van der Waals surface area contributed by atoms with Crippen LogP contribution in [0.15, 0.2) is 0 Å². The summed E-state index contributed by atoms with van der Waals surface area (Å²) < 4.78 is 6.57. The molecule has 0 aromatic heterocycles. The molecule has 0 aliphatic heterocycles. The van der Waals surface area contributed by atoms with E-state index in [0.29, 0.717) is 0 Å². The molecule has 0 saturated heterocycles. The third-order valence-electron chi connectivity index (χ3n) is 0. The Morgan fingerprint density at radius 1 is 2.25 bits per heavy atom. The van der Waals surface area contributed by atoms with Crippen molar-refractivity contribution in [1.82, 2.24) is 0 Å². The zero-order chi connectivity index (χ0) is 3.41. The summed E-state index contributed by atoms with van der Waals surface area (Å²) in [5.74, 6) is 0. The summed E-state index contributed by atoms with van der Waals surface area (Å²) in [7, 11) is 0. The van der Waals surface area contributed by atoms with Gasteiger partial charge in [0, 0.05) is 0 Å². The molecule has 1 atom stereocenters. The van der Waals surface area contributed by atoms with Crippen LogP contribution in [0.1, 0.15) is 0 Å². The van der Waals surface area contributed by atoms with E-state index in [2.05, 4.69) is 6.66 Å². The second kappa shape index (κ2) is 9.25. The Bertz CT molecular complexity index is 13.6. The van der Waals surface area contributed by atoms with E-state index in [4.69, 9.17) is 0.594 Å². The maximum absolute atomic E-state index is 6.57. The molecule has 0 heterocycles. The first-order valence-corrected chi connectivity index (χ1v) is 5.30. The minimum Gasteiger partial charge on any atom is 1.00 e. The average Bonchev–Trinajstić information content (AvgIpc) is 1.37. The van der Waals surface area contributed by atoms with Crippen molar-refractivity contribution in [1.29, 1.82) is 0.594 Å². The summed E-state index contributed by atoms with van der Waals surface area (Å²) in [6.07, 6.45) is 0.917. The van der Waals surface area contributed by atoms with Gasteiger partial charge in [-0.15, -0.1) is 0 Å². The van der Waals surface area contributed by atoms with E-state index in [-0.39, 0.29) is 73.2 Å². The van der Waals surface area contributed by atoms with Gasteiger partial charge in [-0.1, -0.05) is 0 Å². The van der Waals surface area contributed by atoms with Crippen LogP contribution in [0, 0.1) is 0 Å². The van der Waals surface area contributed by atoms with Crippen molar-refractivity contribution < 1.29 is 73.2 Å². The number of hydrogen-bond acceptors (Lipinski definition) is 0. The van der Waals surface area contributed by atoms with Gasteiger partial charge in [0.2, 0.25) is 0 Å². The van der Waals surface area contributed by atoms with E-state index in [1.165, 1.54) is 0 Å². The van der Waals surface area contributed by atoms with Gasteiger partial charge in [-0.2, -0.15) is 0 Å². The second-order valence-electron chi connectivity index (χ2n) is 0.189. The van der Waals surface area contributed by atoms with E-state index < -0.39 is 0 Å². The largest absolute Gasteiger partial charge is 1.00 e. The molecular weight excluding hydrogens is 209 g/mol. The summed E-state index contributed by atoms with van der Waals surface area (Å²) in [4.78, 5) is 0. The molecule has 22 valence electrons. The van der Waals surface area contributed by atoms with E-state index in [0.717, 1.165) is 6.22 Å². The van der Waals surface area contributed by atoms with Crippen LogP contribution in [-0.4, -0.2) is 7.26 Å². The van der Waals surface area contributed by atoms with Crippen molar-refractivity contribution in [3.8, 4) is 0 Å². The molecule has 1 unspecified atom stereocenters. The molecule has 0 nitrogen and oxygen atoms in total. The summed E-state index contributed by atoms with van der Waals surface area (Å²) in [6.45, 7) is 2.07. The van der Waals surface area contributed by atoms with Crippen molar-refractivity contribution >= 4 is 6.22 Å². The molecule has 4 heavy (non-hydrogen) atoms. The summed E-state index contributed by atoms with van der Waals surface area (Å²) >= 11 is -0.112. The molecule has 0 bridgehead atoms. The average molecular weight is 216 g/mol. The Morgan fingerprint density at radius 3 is 2.50 bits per heavy atom. The third-order valence-corrected chi connectivity index (χ3v) is 0. The van der Waals surface area contributed by atoms with E-state index >= 15 is 0 Å². The molecule has 0 rings (SSSR count). The second-order valence-corrected chi connectivity index (χ2v) is 3.80. The van der Waals surface area contributed by atoms with Gasteiger partial charge in [0.05, 0.1) is 0 Å². The van der Waals surface area contributed by atoms with Crippen molar-refractivity contribution in [3.05, 3.63) is 0 Å². The third kappa shape index (κ3) is 8.84. The van der Waals surface area contributed by atoms with Crippen LogP contribution in [0.4, 0.5) is 0 Å². The Kier molecular flexibility index (Phi) is 15.7. The SMILES string of the molecule is [3H][I-]PC.[K+]. The molecule has 0 aliphatic carbocycles. The Balaban J connectivity index is 0. The van der Waals surface area contributed by atoms with Gasteiger partial charge < -0.3 is 0 Å². The van der Waals surface area contributed by atoms with Gasteiger partial charge in [0.25, 0.3) is 0 Å². The minimum absolute atomic E-state index is 0. The van der Waals surface area contributed by atoms with Crippen molar-refractivity contribution in [2.24, 2.45) is 0 Å². The summed E-state index contributed by atoms with van der Waals surface area (Å²) in [5, 5.41) is 0. The molecular formula is CH5IKP. The predicted molar refractivity (Wildman–Crippen MR) is 15.6 cm³/mol. The van der Waals surface area contributed by atoms with Gasteiger partial charge in [0.15, 0.2) is 0 Å². The Morgan fingerprint density at radius 2 is 2.50 bits per heavy atom. The van der Waals surface area contributed by atoms with Gasteiger partial charge in [-0.3, -0.25) is 0 Å². The van der Waals surface area contributed by atoms with Crippen LogP contribution < -0.4 is 73.2 Å². The van der Waals surface area contributed by atoms with Crippen LogP contribution >= 0.6 is 6.22 Å². The fourth-order valence-corrected chi connectivity index (χ4v) is 0. The molecule has 0 aromatic rings. The quantitative estimate of drug-likeness (QED) is 0.233. The zero-order valence-electron chi connectivity index (χ0n) is 3.88. The predicted octanol–water partition coefficient (Wildman–Crippen LogP) is -5.50. The fourth-order valence-electron chi connectivity index (χ4n) is 0. The monoisotopic (exact) mass is 216 g/mol. The molecule has 3 heteroatoms. The molecule has 0 spiro atoms. The van der Waals surface area contributed by atoms with Crippen LogP contribution in [0.3, 0.4) is 0 Å². The molecule has 0 saturated carbocycles. The van der Waals surface area contributed by atoms with Crippen LogP contribution in [-0.2, 0) is 0 Å². The van der Waals surface area contributed by atoms with E-state index in [9.17, 15) is 0 Å². The van der Waals surface area contributed by atoms with Gasteiger partial charge in [-0.25, -0.2) is 0 Å². The van der Waals surface area contributed by atoms with E-state index in [1.54, 1.807) is 0 Å². The van der Waals surface area contributed by atoms with Gasteiger partial charge in [0.1, 0.15) is 0 Å². The van der Waals surface area contributed by atoms with Crippen LogP contribution in [0.5, 0.6) is 0 Å². The van der Waals surface area contributed by atoms with Crippen molar-refractivity contribution in [2.75, 3.05) is 6.66 Å². The normalized spacial score (nSPS) is 11.8. The maximum atomic E-state index is 6.57. The standard InChI is InChI=1S/CH5IP.K/c1-3-2;/h2-3H,1H3;/q-1;+1/i2T;. The smallest absolute Gasteiger partial charge is 1.00 e. The summed E-state index contributed by atoms with van der Waals surface area (Å²) in [5.41, 5.74) is 0. The van der Waals surface area contributed by atoms with Crippen LogP contribution in [0.2, 0.25) is 0 Å². The van der Waals surface area contributed by atoms with Gasteiger partial charge in [-0.05, 0) is 0 Å². The Hall–Kier alpha value is 2.80. The van der Waals surface area contributed by atoms with Crippen LogP contribution in [0.25, 0.3) is 0 Å². The fraction of sp³-hybridized carbons (Fsp3) is 1.00. The number of hydrogen-bond donors (Lipinski definition) is 0. The molecule has 0 N–H and O–H groups in total. The van der Waals surface area contributed by atoms with Gasteiger partial charge >= 0.3 is 86.7 Å². The first-order chi connectivity index (χ1) is 1.91. The number of halogens is 1. The van der Waals surface area contributed by atoms with Crippen molar-refractivity contribution in [3.63, 3.8) is 0 Å². The minimum atomic E-state index is -0.112. The molecule has 0 fully saturated rings. The molecule has 0 radical (unpaired) electrons.